The monoisotopic (exact) mass is 255 g/mol. The molecular formula is C11H17N3O2S. The zero-order chi connectivity index (χ0) is 12.1. The molecule has 17 heavy (non-hydrogen) atoms. The predicted octanol–water partition coefficient (Wildman–Crippen LogP) is 1.15. The second-order valence-electron chi connectivity index (χ2n) is 3.96. The molecule has 0 atom stereocenters. The number of thiazole rings is 1. The van der Waals surface area contributed by atoms with Crippen LogP contribution in [0.2, 0.25) is 0 Å². The number of methoxy groups -OCH3 is 1. The van der Waals surface area contributed by atoms with Crippen molar-refractivity contribution < 1.29 is 9.53 Å². The predicted molar refractivity (Wildman–Crippen MR) is 67.3 cm³/mol. The minimum Gasteiger partial charge on any atom is -0.385 e. The van der Waals surface area contributed by atoms with E-state index in [1.54, 1.807) is 18.4 Å². The van der Waals surface area contributed by atoms with Gasteiger partial charge < -0.3 is 15.4 Å². The van der Waals surface area contributed by atoms with Gasteiger partial charge in [0.05, 0.1) is 5.69 Å². The molecule has 0 unspecified atom stereocenters. The van der Waals surface area contributed by atoms with Gasteiger partial charge in [0.15, 0.2) is 5.13 Å². The molecule has 2 heterocycles. The van der Waals surface area contributed by atoms with E-state index in [-0.39, 0.29) is 5.91 Å². The quantitative estimate of drug-likeness (QED) is 0.775. The number of nitrogens with one attached hydrogen (secondary N) is 2. The molecule has 0 saturated heterocycles. The molecule has 1 aliphatic rings. The molecule has 2 N–H and O–H groups in total. The van der Waals surface area contributed by atoms with Gasteiger partial charge in [0.1, 0.15) is 0 Å². The first-order valence-corrected chi connectivity index (χ1v) is 6.59. The van der Waals surface area contributed by atoms with Gasteiger partial charge in [-0.2, -0.15) is 0 Å². The molecular weight excluding hydrogens is 238 g/mol. The molecule has 0 fully saturated rings. The van der Waals surface area contributed by atoms with Gasteiger partial charge in [0, 0.05) is 44.5 Å². The third-order valence-electron chi connectivity index (χ3n) is 2.60. The number of anilines is 1. The minimum atomic E-state index is 0.0149. The normalized spacial score (nSPS) is 14.4. The van der Waals surface area contributed by atoms with E-state index in [1.165, 1.54) is 4.88 Å². The smallest absolute Gasteiger partial charge is 0.226 e. The van der Waals surface area contributed by atoms with E-state index in [1.807, 2.05) is 0 Å². The number of hydrogen-bond acceptors (Lipinski definition) is 5. The summed E-state index contributed by atoms with van der Waals surface area (Å²) in [5.41, 5.74) is 1.13. The molecule has 0 spiro atoms. The molecule has 5 nitrogen and oxygen atoms in total. The van der Waals surface area contributed by atoms with Crippen molar-refractivity contribution >= 4 is 22.4 Å². The van der Waals surface area contributed by atoms with Crippen LogP contribution in [0, 0.1) is 0 Å². The van der Waals surface area contributed by atoms with E-state index in [2.05, 4.69) is 15.6 Å². The largest absolute Gasteiger partial charge is 0.385 e. The maximum atomic E-state index is 11.6. The third kappa shape index (κ3) is 3.49. The van der Waals surface area contributed by atoms with Crippen LogP contribution in [0.5, 0.6) is 0 Å². The van der Waals surface area contributed by atoms with Crippen LogP contribution in [0.3, 0.4) is 0 Å². The summed E-state index contributed by atoms with van der Waals surface area (Å²) in [6, 6.07) is 0. The van der Waals surface area contributed by atoms with Crippen LogP contribution in [0.4, 0.5) is 5.13 Å². The summed E-state index contributed by atoms with van der Waals surface area (Å²) in [5.74, 6) is 0.0149. The summed E-state index contributed by atoms with van der Waals surface area (Å²) < 4.78 is 4.91. The summed E-state index contributed by atoms with van der Waals surface area (Å²) in [6.45, 7) is 2.45. The Morgan fingerprint density at radius 2 is 2.53 bits per heavy atom. The van der Waals surface area contributed by atoms with Gasteiger partial charge >= 0.3 is 0 Å². The van der Waals surface area contributed by atoms with Crippen molar-refractivity contribution in [3.8, 4) is 0 Å². The number of rotatable bonds is 5. The Hall–Kier alpha value is -0.980. The Kier molecular flexibility index (Phi) is 4.47. The van der Waals surface area contributed by atoms with Crippen molar-refractivity contribution in [2.75, 3.05) is 25.6 Å². The van der Waals surface area contributed by atoms with Gasteiger partial charge in [0.2, 0.25) is 5.91 Å². The van der Waals surface area contributed by atoms with Crippen molar-refractivity contribution in [2.24, 2.45) is 0 Å². The summed E-state index contributed by atoms with van der Waals surface area (Å²) in [7, 11) is 1.64. The highest BCUT2D eigenvalue weighted by Gasteiger charge is 2.15. The van der Waals surface area contributed by atoms with E-state index >= 15 is 0 Å². The summed E-state index contributed by atoms with van der Waals surface area (Å²) >= 11 is 1.57. The molecule has 0 bridgehead atoms. The first-order valence-electron chi connectivity index (χ1n) is 5.77. The van der Waals surface area contributed by atoms with Gasteiger partial charge in [-0.3, -0.25) is 4.79 Å². The fourth-order valence-corrected chi connectivity index (χ4v) is 2.73. The van der Waals surface area contributed by atoms with Crippen LogP contribution in [-0.2, 0) is 22.5 Å². The van der Waals surface area contributed by atoms with E-state index < -0.39 is 0 Å². The van der Waals surface area contributed by atoms with Crippen molar-refractivity contribution in [1.29, 1.82) is 0 Å². The van der Waals surface area contributed by atoms with Crippen LogP contribution in [0.15, 0.2) is 0 Å². The molecule has 0 aliphatic carbocycles. The summed E-state index contributed by atoms with van der Waals surface area (Å²) in [5, 5.41) is 6.86. The number of carbonyl (C=O) groups excluding carboxylic acids is 1. The number of aromatic nitrogens is 1. The first-order chi connectivity index (χ1) is 8.29. The van der Waals surface area contributed by atoms with E-state index in [0.29, 0.717) is 13.0 Å². The van der Waals surface area contributed by atoms with Crippen LogP contribution < -0.4 is 10.6 Å². The molecule has 2 rings (SSSR count). The average Bonchev–Trinajstić information content (AvgIpc) is 2.71. The number of carbonyl (C=O) groups is 1. The fourth-order valence-electron chi connectivity index (χ4n) is 1.74. The Labute approximate surface area is 105 Å². The maximum absolute atomic E-state index is 11.6. The van der Waals surface area contributed by atoms with Crippen LogP contribution in [0.1, 0.15) is 23.4 Å². The van der Waals surface area contributed by atoms with Crippen molar-refractivity contribution in [3.05, 3.63) is 10.6 Å². The topological polar surface area (TPSA) is 63.2 Å². The molecule has 6 heteroatoms. The van der Waals surface area contributed by atoms with Gasteiger partial charge in [-0.05, 0) is 6.42 Å². The molecule has 1 aromatic rings. The molecule has 1 amide bonds. The van der Waals surface area contributed by atoms with E-state index in [4.69, 9.17) is 4.74 Å². The highest BCUT2D eigenvalue weighted by molar-refractivity contribution is 7.15. The van der Waals surface area contributed by atoms with Gasteiger partial charge in [0.25, 0.3) is 0 Å². The Morgan fingerprint density at radius 1 is 1.65 bits per heavy atom. The molecule has 0 aromatic carbocycles. The second kappa shape index (κ2) is 6.09. The van der Waals surface area contributed by atoms with E-state index in [0.717, 1.165) is 36.8 Å². The molecule has 0 saturated carbocycles. The number of fused-ring (bicyclic) bond motifs is 1. The first kappa shape index (κ1) is 12.5. The lowest BCUT2D eigenvalue weighted by Gasteiger charge is -2.09. The zero-order valence-electron chi connectivity index (χ0n) is 9.91. The number of hydrogen-bond donors (Lipinski definition) is 2. The van der Waals surface area contributed by atoms with Gasteiger partial charge in [-0.1, -0.05) is 0 Å². The van der Waals surface area contributed by atoms with Crippen molar-refractivity contribution in [2.45, 2.75) is 25.8 Å². The standard InChI is InChI=1S/C11H17N3O2S/c1-16-6-2-3-10(15)14-11-13-8-4-5-12-7-9(8)17-11/h12H,2-7H2,1H3,(H,13,14,15). The number of amides is 1. The van der Waals surface area contributed by atoms with E-state index in [9.17, 15) is 4.79 Å². The lowest BCUT2D eigenvalue weighted by molar-refractivity contribution is -0.116. The highest BCUT2D eigenvalue weighted by Crippen LogP contribution is 2.25. The average molecular weight is 255 g/mol. The summed E-state index contributed by atoms with van der Waals surface area (Å²) in [6.07, 6.45) is 2.18. The lowest BCUT2D eigenvalue weighted by Crippen LogP contribution is -2.22. The van der Waals surface area contributed by atoms with Crippen LogP contribution in [-0.4, -0.2) is 31.2 Å². The summed E-state index contributed by atoms with van der Waals surface area (Å²) in [4.78, 5) is 17.3. The SMILES string of the molecule is COCCCC(=O)Nc1nc2c(s1)CNCC2. The third-order valence-corrected chi connectivity index (χ3v) is 3.61. The lowest BCUT2D eigenvalue weighted by atomic mass is 10.2. The van der Waals surface area contributed by atoms with Crippen molar-refractivity contribution in [3.63, 3.8) is 0 Å². The minimum absolute atomic E-state index is 0.0149. The number of ether oxygens (including phenoxy) is 1. The Bertz CT molecular complexity index is 369. The maximum Gasteiger partial charge on any atom is 0.226 e. The zero-order valence-corrected chi connectivity index (χ0v) is 10.7. The molecule has 0 radical (unpaired) electrons. The van der Waals surface area contributed by atoms with Gasteiger partial charge in [-0.25, -0.2) is 4.98 Å². The highest BCUT2D eigenvalue weighted by atomic mass is 32.1. The van der Waals surface area contributed by atoms with Crippen LogP contribution >= 0.6 is 11.3 Å². The van der Waals surface area contributed by atoms with Crippen molar-refractivity contribution in [1.82, 2.24) is 10.3 Å². The molecule has 94 valence electrons. The number of nitrogens with zero attached hydrogens (tertiary/aromatic N) is 1. The van der Waals surface area contributed by atoms with Crippen LogP contribution in [0.25, 0.3) is 0 Å². The van der Waals surface area contributed by atoms with Gasteiger partial charge in [-0.15, -0.1) is 11.3 Å². The Balaban J connectivity index is 1.86. The molecule has 1 aromatic heterocycles. The Morgan fingerprint density at radius 3 is 3.29 bits per heavy atom. The molecule has 1 aliphatic heterocycles. The second-order valence-corrected chi connectivity index (χ2v) is 5.04. The fraction of sp³-hybridized carbons (Fsp3) is 0.636.